The predicted octanol–water partition coefficient (Wildman–Crippen LogP) is 3.00. The number of nitrogens with zero attached hydrogens (tertiary/aromatic N) is 1. The maximum atomic E-state index is 13.0. The van der Waals surface area contributed by atoms with Crippen molar-refractivity contribution < 1.29 is 18.4 Å². The molecule has 1 aromatic carbocycles. The Kier molecular flexibility index (Phi) is 3.47. The molecule has 1 atom stereocenters. The number of amides is 3. The van der Waals surface area contributed by atoms with Crippen LogP contribution in [0.1, 0.15) is 29.6 Å². The van der Waals surface area contributed by atoms with Gasteiger partial charge < -0.3 is 9.73 Å². The molecule has 1 aromatic heterocycles. The number of rotatable bonds is 3. The van der Waals surface area contributed by atoms with Gasteiger partial charge in [0, 0.05) is 5.56 Å². The van der Waals surface area contributed by atoms with Gasteiger partial charge in [-0.2, -0.15) is 0 Å². The second kappa shape index (κ2) is 5.22. The highest BCUT2D eigenvalue weighted by Gasteiger charge is 2.50. The summed E-state index contributed by atoms with van der Waals surface area (Å²) in [5.74, 6) is 0.566. The molecule has 6 heteroatoms. The first kappa shape index (κ1) is 15.3. The number of hydrogen-bond acceptors (Lipinski definition) is 3. The fourth-order valence-corrected chi connectivity index (χ4v) is 2.92. The van der Waals surface area contributed by atoms with Gasteiger partial charge in [0.2, 0.25) is 0 Å². The number of imide groups is 1. The molecule has 3 rings (SSSR count). The maximum absolute atomic E-state index is 13.0. The lowest BCUT2D eigenvalue weighted by Gasteiger charge is -2.21. The third kappa shape index (κ3) is 2.50. The van der Waals surface area contributed by atoms with Crippen LogP contribution in [-0.2, 0) is 16.9 Å². The highest BCUT2D eigenvalue weighted by atomic mass is 19.1. The van der Waals surface area contributed by atoms with Gasteiger partial charge in [0.25, 0.3) is 5.91 Å². The lowest BCUT2D eigenvalue weighted by Crippen LogP contribution is -2.41. The van der Waals surface area contributed by atoms with Gasteiger partial charge in [0.1, 0.15) is 22.9 Å². The van der Waals surface area contributed by atoms with E-state index in [0.29, 0.717) is 22.6 Å². The second-order valence-electron chi connectivity index (χ2n) is 5.90. The summed E-state index contributed by atoms with van der Waals surface area (Å²) in [5, 5.41) is 2.74. The molecular formula is C17H17FN2O3. The van der Waals surface area contributed by atoms with E-state index in [9.17, 15) is 14.0 Å². The quantitative estimate of drug-likeness (QED) is 0.885. The van der Waals surface area contributed by atoms with Crippen molar-refractivity contribution >= 4 is 11.9 Å². The molecule has 0 aliphatic carbocycles. The van der Waals surface area contributed by atoms with Crippen molar-refractivity contribution in [3.8, 4) is 0 Å². The van der Waals surface area contributed by atoms with E-state index in [1.807, 2.05) is 0 Å². The average molecular weight is 316 g/mol. The molecule has 2 aromatic rings. The number of benzene rings is 1. The number of aryl methyl sites for hydroxylation is 2. The summed E-state index contributed by atoms with van der Waals surface area (Å²) in [7, 11) is 0. The number of hydrogen-bond donors (Lipinski definition) is 1. The normalized spacial score (nSPS) is 21.0. The molecule has 23 heavy (non-hydrogen) atoms. The number of nitrogens with one attached hydrogen (secondary N) is 1. The summed E-state index contributed by atoms with van der Waals surface area (Å²) >= 11 is 0. The third-order valence-corrected chi connectivity index (χ3v) is 4.11. The molecule has 1 fully saturated rings. The lowest BCUT2D eigenvalue weighted by molar-refractivity contribution is -0.131. The Morgan fingerprint density at radius 2 is 1.87 bits per heavy atom. The summed E-state index contributed by atoms with van der Waals surface area (Å²) in [6.45, 7) is 5.30. The van der Waals surface area contributed by atoms with Crippen molar-refractivity contribution in [2.75, 3.05) is 0 Å². The van der Waals surface area contributed by atoms with E-state index in [2.05, 4.69) is 5.32 Å². The maximum Gasteiger partial charge on any atom is 0.325 e. The zero-order valence-corrected chi connectivity index (χ0v) is 13.1. The first-order valence-electron chi connectivity index (χ1n) is 7.27. The van der Waals surface area contributed by atoms with Gasteiger partial charge in [-0.05, 0) is 44.5 Å². The minimum atomic E-state index is -1.15. The summed E-state index contributed by atoms with van der Waals surface area (Å²) in [6, 6.07) is 7.00. The third-order valence-electron chi connectivity index (χ3n) is 4.11. The Morgan fingerprint density at radius 3 is 2.43 bits per heavy atom. The molecule has 2 heterocycles. The van der Waals surface area contributed by atoms with Gasteiger partial charge in [-0.3, -0.25) is 9.69 Å². The summed E-state index contributed by atoms with van der Waals surface area (Å²) in [5.41, 5.74) is 0.174. The standard InChI is InChI=1S/C17H17FN2O3/c1-10-8-14(11(2)23-10)17(3)15(21)20(16(22)19-17)9-12-4-6-13(18)7-5-12/h4-8H,9H2,1-3H3,(H,19,22). The van der Waals surface area contributed by atoms with Gasteiger partial charge in [-0.1, -0.05) is 12.1 Å². The lowest BCUT2D eigenvalue weighted by atomic mass is 9.92. The first-order valence-corrected chi connectivity index (χ1v) is 7.27. The minimum absolute atomic E-state index is 0.0937. The zero-order valence-electron chi connectivity index (χ0n) is 13.1. The topological polar surface area (TPSA) is 62.6 Å². The highest BCUT2D eigenvalue weighted by Crippen LogP contribution is 2.33. The molecule has 1 N–H and O–H groups in total. The monoisotopic (exact) mass is 316 g/mol. The SMILES string of the molecule is Cc1cc(C2(C)NC(=O)N(Cc3ccc(F)cc3)C2=O)c(C)o1. The van der Waals surface area contributed by atoms with Crippen LogP contribution in [0.3, 0.4) is 0 Å². The van der Waals surface area contributed by atoms with Crippen LogP contribution in [0.4, 0.5) is 9.18 Å². The molecule has 0 radical (unpaired) electrons. The summed E-state index contributed by atoms with van der Waals surface area (Å²) in [4.78, 5) is 26.2. The van der Waals surface area contributed by atoms with Crippen LogP contribution in [0.2, 0.25) is 0 Å². The smallest absolute Gasteiger partial charge is 0.325 e. The number of carbonyl (C=O) groups is 2. The van der Waals surface area contributed by atoms with E-state index in [0.717, 1.165) is 4.90 Å². The Hall–Kier alpha value is -2.63. The molecule has 120 valence electrons. The van der Waals surface area contributed by atoms with Gasteiger partial charge in [-0.25, -0.2) is 9.18 Å². The van der Waals surface area contributed by atoms with Gasteiger partial charge in [0.05, 0.1) is 6.54 Å². The summed E-state index contributed by atoms with van der Waals surface area (Å²) in [6.07, 6.45) is 0. The fourth-order valence-electron chi connectivity index (χ4n) is 2.92. The van der Waals surface area contributed by atoms with E-state index in [1.165, 1.54) is 12.1 Å². The van der Waals surface area contributed by atoms with E-state index in [4.69, 9.17) is 4.42 Å². The molecule has 0 spiro atoms. The van der Waals surface area contributed by atoms with Crippen molar-refractivity contribution in [1.82, 2.24) is 10.2 Å². The molecule has 3 amide bonds. The minimum Gasteiger partial charge on any atom is -0.466 e. The number of urea groups is 1. The Balaban J connectivity index is 1.90. The fraction of sp³-hybridized carbons (Fsp3) is 0.294. The van der Waals surface area contributed by atoms with Crippen LogP contribution >= 0.6 is 0 Å². The van der Waals surface area contributed by atoms with Crippen molar-refractivity contribution in [3.63, 3.8) is 0 Å². The Bertz CT molecular complexity index is 782. The zero-order chi connectivity index (χ0) is 16.8. The van der Waals surface area contributed by atoms with Crippen LogP contribution in [0, 0.1) is 19.7 Å². The number of halogens is 1. The molecule has 0 bridgehead atoms. The van der Waals surface area contributed by atoms with E-state index < -0.39 is 11.6 Å². The van der Waals surface area contributed by atoms with Crippen molar-refractivity contribution in [3.05, 3.63) is 58.8 Å². The number of furan rings is 1. The van der Waals surface area contributed by atoms with Crippen molar-refractivity contribution in [2.45, 2.75) is 32.9 Å². The van der Waals surface area contributed by atoms with Gasteiger partial charge >= 0.3 is 6.03 Å². The van der Waals surface area contributed by atoms with E-state index >= 15 is 0 Å². The molecule has 1 saturated heterocycles. The molecule has 1 unspecified atom stereocenters. The molecular weight excluding hydrogens is 299 g/mol. The van der Waals surface area contributed by atoms with Crippen LogP contribution in [0.25, 0.3) is 0 Å². The molecule has 5 nitrogen and oxygen atoms in total. The van der Waals surface area contributed by atoms with Crippen LogP contribution in [0.15, 0.2) is 34.7 Å². The van der Waals surface area contributed by atoms with Crippen LogP contribution < -0.4 is 5.32 Å². The predicted molar refractivity (Wildman–Crippen MR) is 81.0 cm³/mol. The Labute approximate surface area is 133 Å². The number of carbonyl (C=O) groups excluding carboxylic acids is 2. The van der Waals surface area contributed by atoms with Crippen molar-refractivity contribution in [1.29, 1.82) is 0 Å². The van der Waals surface area contributed by atoms with Crippen LogP contribution in [0.5, 0.6) is 0 Å². The van der Waals surface area contributed by atoms with Crippen molar-refractivity contribution in [2.24, 2.45) is 0 Å². The molecule has 1 aliphatic rings. The second-order valence-corrected chi connectivity index (χ2v) is 5.90. The molecule has 1 aliphatic heterocycles. The largest absolute Gasteiger partial charge is 0.466 e. The van der Waals surface area contributed by atoms with Gasteiger partial charge in [0.15, 0.2) is 0 Å². The van der Waals surface area contributed by atoms with Gasteiger partial charge in [-0.15, -0.1) is 0 Å². The molecule has 0 saturated carbocycles. The first-order chi connectivity index (χ1) is 10.8. The Morgan fingerprint density at radius 1 is 1.22 bits per heavy atom. The highest BCUT2D eigenvalue weighted by molar-refractivity contribution is 6.07. The summed E-state index contributed by atoms with van der Waals surface area (Å²) < 4.78 is 18.5. The van der Waals surface area contributed by atoms with E-state index in [-0.39, 0.29) is 18.3 Å². The average Bonchev–Trinajstić information content (AvgIpc) is 2.94. The van der Waals surface area contributed by atoms with E-state index in [1.54, 1.807) is 39.0 Å². The van der Waals surface area contributed by atoms with Crippen LogP contribution in [-0.4, -0.2) is 16.8 Å².